The fourth-order valence-electron chi connectivity index (χ4n) is 4.87. The lowest BCUT2D eigenvalue weighted by atomic mass is 10.1. The predicted octanol–water partition coefficient (Wildman–Crippen LogP) is 1.90. The number of hydrogen-bond acceptors (Lipinski definition) is 5. The molecule has 3 unspecified atom stereocenters. The standard InChI is InChI=1S/C22H33N5O2/c1-3-4-8-14-27-20(28)18-19(24(2)22(27)29)23-21-25(13-9-15-26(18)21)16-12-17-10-6-5-7-11-17/h5-7,10-11,18-19,21,23H,3-4,8-9,12-16H2,1-2H3. The fraction of sp³-hybridized carbons (Fsp3) is 0.636. The van der Waals surface area contributed by atoms with Crippen LogP contribution in [0.15, 0.2) is 30.3 Å². The van der Waals surface area contributed by atoms with Crippen molar-refractivity contribution in [3.8, 4) is 0 Å². The Morgan fingerprint density at radius 2 is 1.86 bits per heavy atom. The molecule has 0 aromatic heterocycles. The first-order chi connectivity index (χ1) is 14.1. The van der Waals surface area contributed by atoms with Gasteiger partial charge in [-0.15, -0.1) is 0 Å². The molecule has 0 spiro atoms. The zero-order valence-corrected chi connectivity index (χ0v) is 17.6. The molecule has 7 heteroatoms. The van der Waals surface area contributed by atoms with Crippen molar-refractivity contribution in [2.24, 2.45) is 0 Å². The van der Waals surface area contributed by atoms with Crippen molar-refractivity contribution in [3.05, 3.63) is 35.9 Å². The summed E-state index contributed by atoms with van der Waals surface area (Å²) < 4.78 is 0. The van der Waals surface area contributed by atoms with Gasteiger partial charge in [0.15, 0.2) is 0 Å². The van der Waals surface area contributed by atoms with E-state index in [1.165, 1.54) is 10.5 Å². The second-order valence-corrected chi connectivity index (χ2v) is 8.38. The number of urea groups is 1. The summed E-state index contributed by atoms with van der Waals surface area (Å²) in [4.78, 5) is 34.0. The van der Waals surface area contributed by atoms with E-state index in [1.807, 2.05) is 13.1 Å². The largest absolute Gasteiger partial charge is 0.327 e. The van der Waals surface area contributed by atoms with Crippen molar-refractivity contribution in [1.29, 1.82) is 0 Å². The average Bonchev–Trinajstić information content (AvgIpc) is 3.14. The number of nitrogens with one attached hydrogen (secondary N) is 1. The molecule has 1 aromatic rings. The van der Waals surface area contributed by atoms with E-state index in [-0.39, 0.29) is 30.4 Å². The van der Waals surface area contributed by atoms with Crippen molar-refractivity contribution < 1.29 is 9.59 Å². The number of likely N-dealkylation sites (N-methyl/N-ethyl adjacent to an activating group) is 1. The molecular formula is C22H33N5O2. The molecule has 3 aliphatic heterocycles. The van der Waals surface area contributed by atoms with Gasteiger partial charge in [-0.2, -0.15) is 0 Å². The second kappa shape index (κ2) is 8.81. The van der Waals surface area contributed by atoms with Crippen LogP contribution in [0, 0.1) is 0 Å². The van der Waals surface area contributed by atoms with Gasteiger partial charge in [0.25, 0.3) is 5.91 Å². The Bertz CT molecular complexity index is 727. The summed E-state index contributed by atoms with van der Waals surface area (Å²) in [5, 5.41) is 3.59. The molecule has 3 heterocycles. The summed E-state index contributed by atoms with van der Waals surface area (Å²) in [6.07, 6.45) is 4.76. The maximum atomic E-state index is 13.3. The second-order valence-electron chi connectivity index (χ2n) is 8.38. The van der Waals surface area contributed by atoms with Gasteiger partial charge in [-0.05, 0) is 24.8 Å². The molecule has 3 fully saturated rings. The van der Waals surface area contributed by atoms with E-state index in [2.05, 4.69) is 46.3 Å². The lowest BCUT2D eigenvalue weighted by Crippen LogP contribution is -2.66. The van der Waals surface area contributed by atoms with E-state index in [0.717, 1.165) is 51.7 Å². The van der Waals surface area contributed by atoms with Gasteiger partial charge in [0.05, 0.1) is 0 Å². The van der Waals surface area contributed by atoms with Gasteiger partial charge in [0, 0.05) is 33.2 Å². The summed E-state index contributed by atoms with van der Waals surface area (Å²) >= 11 is 0. The monoisotopic (exact) mass is 399 g/mol. The third-order valence-corrected chi connectivity index (χ3v) is 6.48. The van der Waals surface area contributed by atoms with Crippen molar-refractivity contribution in [2.75, 3.05) is 33.2 Å². The number of amides is 3. The van der Waals surface area contributed by atoms with Gasteiger partial charge < -0.3 is 4.90 Å². The molecule has 0 bridgehead atoms. The molecule has 1 aromatic carbocycles. The number of nitrogens with zero attached hydrogens (tertiary/aromatic N) is 4. The van der Waals surface area contributed by atoms with E-state index in [4.69, 9.17) is 0 Å². The number of hydrogen-bond donors (Lipinski definition) is 1. The van der Waals surface area contributed by atoms with Crippen LogP contribution in [0.25, 0.3) is 0 Å². The Morgan fingerprint density at radius 1 is 1.07 bits per heavy atom. The molecule has 29 heavy (non-hydrogen) atoms. The summed E-state index contributed by atoms with van der Waals surface area (Å²) in [6, 6.07) is 10.1. The van der Waals surface area contributed by atoms with Crippen LogP contribution in [-0.4, -0.2) is 83.3 Å². The van der Waals surface area contributed by atoms with Crippen LogP contribution < -0.4 is 5.32 Å². The highest BCUT2D eigenvalue weighted by molar-refractivity contribution is 6.00. The number of rotatable bonds is 7. The minimum absolute atomic E-state index is 0.0113. The quantitative estimate of drug-likeness (QED) is 0.710. The van der Waals surface area contributed by atoms with Crippen LogP contribution in [0.1, 0.15) is 38.2 Å². The zero-order valence-electron chi connectivity index (χ0n) is 17.6. The molecule has 4 rings (SSSR count). The van der Waals surface area contributed by atoms with Crippen LogP contribution in [0.5, 0.6) is 0 Å². The predicted molar refractivity (Wildman–Crippen MR) is 112 cm³/mol. The van der Waals surface area contributed by atoms with Crippen LogP contribution in [-0.2, 0) is 11.2 Å². The Balaban J connectivity index is 1.47. The number of fused-ring (bicyclic) bond motifs is 3. The van der Waals surface area contributed by atoms with Crippen LogP contribution in [0.2, 0.25) is 0 Å². The maximum absolute atomic E-state index is 13.3. The van der Waals surface area contributed by atoms with Crippen LogP contribution in [0.3, 0.4) is 0 Å². The minimum atomic E-state index is -0.288. The summed E-state index contributed by atoms with van der Waals surface area (Å²) in [7, 11) is 1.82. The molecule has 7 nitrogen and oxygen atoms in total. The number of benzene rings is 1. The van der Waals surface area contributed by atoms with Crippen LogP contribution in [0.4, 0.5) is 4.79 Å². The molecule has 0 aliphatic carbocycles. The molecule has 0 radical (unpaired) electrons. The Labute approximate surface area is 173 Å². The third-order valence-electron chi connectivity index (χ3n) is 6.48. The molecule has 3 atom stereocenters. The third kappa shape index (κ3) is 3.91. The molecule has 0 saturated carbocycles. The number of unbranched alkanes of at least 4 members (excludes halogenated alkanes) is 2. The highest BCUT2D eigenvalue weighted by Gasteiger charge is 2.55. The van der Waals surface area contributed by atoms with Gasteiger partial charge in [-0.3, -0.25) is 24.8 Å². The fourth-order valence-corrected chi connectivity index (χ4v) is 4.87. The molecule has 3 saturated heterocycles. The first-order valence-electron chi connectivity index (χ1n) is 11.0. The highest BCUT2D eigenvalue weighted by atomic mass is 16.2. The molecular weight excluding hydrogens is 366 g/mol. The van der Waals surface area contributed by atoms with Gasteiger partial charge in [0.1, 0.15) is 18.5 Å². The molecule has 1 N–H and O–H groups in total. The Hall–Kier alpha value is -1.96. The van der Waals surface area contributed by atoms with E-state index >= 15 is 0 Å². The first kappa shape index (κ1) is 20.3. The molecule has 3 amide bonds. The minimum Gasteiger partial charge on any atom is -0.310 e. The van der Waals surface area contributed by atoms with Gasteiger partial charge in [-0.25, -0.2) is 4.79 Å². The average molecular weight is 400 g/mol. The van der Waals surface area contributed by atoms with E-state index < -0.39 is 0 Å². The maximum Gasteiger partial charge on any atom is 0.327 e. The van der Waals surface area contributed by atoms with Crippen molar-refractivity contribution >= 4 is 11.9 Å². The number of imide groups is 1. The van der Waals surface area contributed by atoms with E-state index in [0.29, 0.717) is 6.54 Å². The van der Waals surface area contributed by atoms with Crippen molar-refractivity contribution in [3.63, 3.8) is 0 Å². The van der Waals surface area contributed by atoms with Crippen molar-refractivity contribution in [2.45, 2.75) is 57.5 Å². The highest BCUT2D eigenvalue weighted by Crippen LogP contribution is 2.30. The zero-order chi connectivity index (χ0) is 20.4. The number of carbonyl (C=O) groups excluding carboxylic acids is 2. The molecule has 158 valence electrons. The SMILES string of the molecule is CCCCCN1C(=O)C2C(NC3N(CCc4ccccc4)CCCN23)N(C)C1=O. The summed E-state index contributed by atoms with van der Waals surface area (Å²) in [5.74, 6) is -0.0332. The first-order valence-corrected chi connectivity index (χ1v) is 11.0. The van der Waals surface area contributed by atoms with Gasteiger partial charge >= 0.3 is 6.03 Å². The number of carbonyl (C=O) groups is 2. The smallest absolute Gasteiger partial charge is 0.310 e. The summed E-state index contributed by atoms with van der Waals surface area (Å²) in [5.41, 5.74) is 1.32. The van der Waals surface area contributed by atoms with E-state index in [1.54, 1.807) is 4.90 Å². The molecule has 3 aliphatic rings. The van der Waals surface area contributed by atoms with Crippen LogP contribution >= 0.6 is 0 Å². The van der Waals surface area contributed by atoms with Gasteiger partial charge in [0.2, 0.25) is 0 Å². The van der Waals surface area contributed by atoms with Crippen molar-refractivity contribution in [1.82, 2.24) is 24.9 Å². The normalized spacial score (nSPS) is 28.0. The lowest BCUT2D eigenvalue weighted by Gasteiger charge is -2.43. The Morgan fingerprint density at radius 3 is 2.62 bits per heavy atom. The Kier molecular flexibility index (Phi) is 6.18. The topological polar surface area (TPSA) is 59.1 Å². The van der Waals surface area contributed by atoms with E-state index in [9.17, 15) is 9.59 Å². The van der Waals surface area contributed by atoms with Gasteiger partial charge in [-0.1, -0.05) is 50.1 Å². The lowest BCUT2D eigenvalue weighted by molar-refractivity contribution is -0.140. The summed E-state index contributed by atoms with van der Waals surface area (Å²) in [6.45, 7) is 5.48.